The number of hydrogen-bond donors (Lipinski definition) is 1. The van der Waals surface area contributed by atoms with Crippen LogP contribution in [0.1, 0.15) is 27.7 Å². The zero-order valence-corrected chi connectivity index (χ0v) is 16.2. The monoisotopic (exact) mass is 359 g/mol. The molecule has 0 bridgehead atoms. The molecule has 4 nitrogen and oxygen atoms in total. The van der Waals surface area contributed by atoms with E-state index in [2.05, 4.69) is 54.7 Å². The second kappa shape index (κ2) is 6.38. The lowest BCUT2D eigenvalue weighted by Gasteiger charge is -2.08. The molecule has 0 aliphatic heterocycles. The molecule has 2 atom stereocenters. The van der Waals surface area contributed by atoms with Gasteiger partial charge in [-0.2, -0.15) is 0 Å². The number of nitrogens with one attached hydrogen (secondary N) is 1. The van der Waals surface area contributed by atoms with E-state index in [0.717, 1.165) is 22.4 Å². The summed E-state index contributed by atoms with van der Waals surface area (Å²) in [6.45, 7) is 8.49. The molecule has 1 saturated carbocycles. The Hall–Kier alpha value is -2.88. The minimum Gasteiger partial charge on any atom is -0.326 e. The number of fused-ring (bicyclic) bond motifs is 1. The molecule has 0 saturated heterocycles. The van der Waals surface area contributed by atoms with Gasteiger partial charge < -0.3 is 5.32 Å². The summed E-state index contributed by atoms with van der Waals surface area (Å²) in [6.07, 6.45) is 4.05. The number of hydrogen-bond acceptors (Lipinski definition) is 2. The van der Waals surface area contributed by atoms with E-state index >= 15 is 0 Å². The van der Waals surface area contributed by atoms with Crippen molar-refractivity contribution in [2.24, 2.45) is 17.3 Å². The highest BCUT2D eigenvalue weighted by atomic mass is 16.2. The fourth-order valence-corrected chi connectivity index (χ4v) is 3.94. The predicted molar refractivity (Wildman–Crippen MR) is 110 cm³/mol. The second-order valence-corrected chi connectivity index (χ2v) is 8.21. The molecule has 138 valence electrons. The Morgan fingerprint density at radius 3 is 2.52 bits per heavy atom. The number of para-hydroxylation sites is 2. The summed E-state index contributed by atoms with van der Waals surface area (Å²) in [4.78, 5) is 17.1. The molecule has 2 unspecified atom stereocenters. The lowest BCUT2D eigenvalue weighted by Crippen LogP contribution is -2.16. The second-order valence-electron chi connectivity index (χ2n) is 8.21. The first-order valence-corrected chi connectivity index (χ1v) is 9.36. The summed E-state index contributed by atoms with van der Waals surface area (Å²) in [5, 5.41) is 3.08. The molecule has 2 aromatic carbocycles. The van der Waals surface area contributed by atoms with E-state index in [1.165, 1.54) is 5.57 Å². The van der Waals surface area contributed by atoms with Crippen molar-refractivity contribution in [1.82, 2.24) is 9.55 Å². The number of benzene rings is 2. The molecule has 1 N–H and O–H groups in total. The first-order chi connectivity index (χ1) is 12.9. The lowest BCUT2D eigenvalue weighted by molar-refractivity contribution is -0.118. The number of carbonyl (C=O) groups is 1. The van der Waals surface area contributed by atoms with E-state index in [1.54, 1.807) is 0 Å². The molecule has 1 amide bonds. The van der Waals surface area contributed by atoms with Crippen LogP contribution in [-0.2, 0) is 4.79 Å². The fourth-order valence-electron chi connectivity index (χ4n) is 3.94. The van der Waals surface area contributed by atoms with E-state index in [9.17, 15) is 4.79 Å². The average molecular weight is 359 g/mol. The van der Waals surface area contributed by atoms with Gasteiger partial charge in [-0.1, -0.05) is 37.6 Å². The largest absolute Gasteiger partial charge is 0.326 e. The Balaban J connectivity index is 1.50. The van der Waals surface area contributed by atoms with Crippen LogP contribution in [-0.4, -0.2) is 15.5 Å². The maximum atomic E-state index is 12.7. The van der Waals surface area contributed by atoms with Gasteiger partial charge in [0.05, 0.1) is 17.0 Å². The Labute approximate surface area is 159 Å². The van der Waals surface area contributed by atoms with Crippen molar-refractivity contribution in [2.45, 2.75) is 27.7 Å². The molecular weight excluding hydrogens is 334 g/mol. The van der Waals surface area contributed by atoms with Crippen LogP contribution in [0.5, 0.6) is 0 Å². The molecule has 4 heteroatoms. The predicted octanol–water partition coefficient (Wildman–Crippen LogP) is 5.20. The van der Waals surface area contributed by atoms with Crippen molar-refractivity contribution in [3.05, 3.63) is 66.5 Å². The highest BCUT2D eigenvalue weighted by molar-refractivity contribution is 5.95. The van der Waals surface area contributed by atoms with E-state index in [4.69, 9.17) is 0 Å². The molecule has 1 heterocycles. The first kappa shape index (κ1) is 17.5. The Kier molecular flexibility index (Phi) is 4.14. The molecule has 3 aromatic rings. The third kappa shape index (κ3) is 3.16. The van der Waals surface area contributed by atoms with Crippen LogP contribution in [0.15, 0.2) is 66.5 Å². The van der Waals surface area contributed by atoms with E-state index < -0.39 is 0 Å². The van der Waals surface area contributed by atoms with Crippen molar-refractivity contribution in [3.8, 4) is 5.69 Å². The number of nitrogens with zero attached hydrogens (tertiary/aromatic N) is 2. The van der Waals surface area contributed by atoms with Crippen molar-refractivity contribution in [3.63, 3.8) is 0 Å². The zero-order valence-electron chi connectivity index (χ0n) is 16.2. The minimum absolute atomic E-state index is 0.0248. The van der Waals surface area contributed by atoms with Crippen LogP contribution in [0.3, 0.4) is 0 Å². The number of allylic oxidation sites excluding steroid dienone is 2. The van der Waals surface area contributed by atoms with E-state index in [0.29, 0.717) is 5.92 Å². The molecule has 1 aliphatic carbocycles. The number of aromatic nitrogens is 2. The highest BCUT2D eigenvalue weighted by Gasteiger charge is 2.60. The fraction of sp³-hybridized carbons (Fsp3) is 0.304. The lowest BCUT2D eigenvalue weighted by atomic mass is 10.1. The molecule has 1 fully saturated rings. The van der Waals surface area contributed by atoms with Crippen molar-refractivity contribution in [1.29, 1.82) is 0 Å². The van der Waals surface area contributed by atoms with Gasteiger partial charge in [0, 0.05) is 11.4 Å². The van der Waals surface area contributed by atoms with Gasteiger partial charge >= 0.3 is 0 Å². The summed E-state index contributed by atoms with van der Waals surface area (Å²) < 4.78 is 2.05. The van der Waals surface area contributed by atoms with Crippen LogP contribution in [0.25, 0.3) is 16.7 Å². The van der Waals surface area contributed by atoms with Gasteiger partial charge in [-0.05, 0) is 61.6 Å². The molecule has 0 radical (unpaired) electrons. The topological polar surface area (TPSA) is 46.9 Å². The Morgan fingerprint density at radius 1 is 1.11 bits per heavy atom. The third-order valence-electron chi connectivity index (χ3n) is 5.57. The summed E-state index contributed by atoms with van der Waals surface area (Å²) in [6, 6.07) is 16.0. The number of anilines is 1. The minimum atomic E-state index is 0.0248. The average Bonchev–Trinajstić information content (AvgIpc) is 2.98. The summed E-state index contributed by atoms with van der Waals surface area (Å²) in [5.74, 6) is 0.451. The number of imidazole rings is 1. The van der Waals surface area contributed by atoms with Crippen LogP contribution >= 0.6 is 0 Å². The van der Waals surface area contributed by atoms with Crippen LogP contribution in [0, 0.1) is 17.3 Å². The van der Waals surface area contributed by atoms with Crippen molar-refractivity contribution >= 4 is 22.6 Å². The van der Waals surface area contributed by atoms with Gasteiger partial charge in [0.2, 0.25) is 5.91 Å². The Bertz CT molecular complexity index is 1020. The SMILES string of the molecule is CC(C)=CC1C(C(=O)Nc2ccc(-n3cnc4ccccc43)cc2)C1(C)C. The normalized spacial score (nSPS) is 20.3. The molecular formula is C23H25N3O. The summed E-state index contributed by atoms with van der Waals surface area (Å²) in [5.41, 5.74) is 5.18. The van der Waals surface area contributed by atoms with Gasteiger partial charge in [-0.25, -0.2) is 4.98 Å². The molecule has 27 heavy (non-hydrogen) atoms. The number of amides is 1. The smallest absolute Gasteiger partial charge is 0.228 e. The van der Waals surface area contributed by atoms with Crippen LogP contribution < -0.4 is 5.32 Å². The first-order valence-electron chi connectivity index (χ1n) is 9.36. The van der Waals surface area contributed by atoms with Crippen molar-refractivity contribution in [2.75, 3.05) is 5.32 Å². The van der Waals surface area contributed by atoms with Crippen LogP contribution in [0.4, 0.5) is 5.69 Å². The van der Waals surface area contributed by atoms with E-state index in [-0.39, 0.29) is 17.2 Å². The van der Waals surface area contributed by atoms with E-state index in [1.807, 2.05) is 48.8 Å². The van der Waals surface area contributed by atoms with Gasteiger partial charge in [-0.3, -0.25) is 9.36 Å². The molecule has 0 spiro atoms. The Morgan fingerprint density at radius 2 is 1.81 bits per heavy atom. The molecule has 1 aromatic heterocycles. The number of rotatable bonds is 4. The maximum absolute atomic E-state index is 12.7. The van der Waals surface area contributed by atoms with Gasteiger partial charge in [0.25, 0.3) is 0 Å². The van der Waals surface area contributed by atoms with Gasteiger partial charge in [0.15, 0.2) is 0 Å². The quantitative estimate of drug-likeness (QED) is 0.651. The summed E-state index contributed by atoms with van der Waals surface area (Å²) >= 11 is 0. The highest BCUT2D eigenvalue weighted by Crippen LogP contribution is 2.59. The van der Waals surface area contributed by atoms with Gasteiger partial charge in [0.1, 0.15) is 6.33 Å². The standard InChI is InChI=1S/C23H25N3O/c1-15(2)13-18-21(23(18,3)4)22(27)25-16-9-11-17(12-10-16)26-14-24-19-7-5-6-8-20(19)26/h5-14,18,21H,1-4H3,(H,25,27). The van der Waals surface area contributed by atoms with Crippen molar-refractivity contribution < 1.29 is 4.79 Å². The maximum Gasteiger partial charge on any atom is 0.228 e. The zero-order chi connectivity index (χ0) is 19.2. The number of carbonyl (C=O) groups excluding carboxylic acids is 1. The summed E-state index contributed by atoms with van der Waals surface area (Å²) in [7, 11) is 0. The third-order valence-corrected chi connectivity index (χ3v) is 5.57. The molecule has 4 rings (SSSR count). The van der Waals surface area contributed by atoms with Gasteiger partial charge in [-0.15, -0.1) is 0 Å². The molecule has 1 aliphatic rings. The van der Waals surface area contributed by atoms with Crippen LogP contribution in [0.2, 0.25) is 0 Å².